The second kappa shape index (κ2) is 9.65. The Morgan fingerprint density at radius 1 is 0.839 bits per heavy atom. The molecular formula is C30H36S. The summed E-state index contributed by atoms with van der Waals surface area (Å²) in [6.45, 7) is 11.4. The van der Waals surface area contributed by atoms with Crippen molar-refractivity contribution in [3.8, 4) is 11.1 Å². The Balaban J connectivity index is 1.75. The van der Waals surface area contributed by atoms with Crippen LogP contribution in [0.1, 0.15) is 77.8 Å². The van der Waals surface area contributed by atoms with Crippen molar-refractivity contribution in [2.45, 2.75) is 83.3 Å². The van der Waals surface area contributed by atoms with E-state index < -0.39 is 0 Å². The molecule has 0 spiro atoms. The largest absolute Gasteiger partial charge is 0.118 e. The van der Waals surface area contributed by atoms with Crippen LogP contribution < -0.4 is 0 Å². The van der Waals surface area contributed by atoms with Crippen molar-refractivity contribution in [3.63, 3.8) is 0 Å². The first kappa shape index (κ1) is 22.2. The van der Waals surface area contributed by atoms with Crippen molar-refractivity contribution >= 4 is 11.8 Å². The van der Waals surface area contributed by atoms with Gasteiger partial charge in [0, 0.05) is 10.1 Å². The molecule has 3 aromatic rings. The molecule has 0 N–H and O–H groups in total. The zero-order valence-electron chi connectivity index (χ0n) is 19.8. The van der Waals surface area contributed by atoms with E-state index in [2.05, 4.69) is 94.9 Å². The first-order chi connectivity index (χ1) is 15.0. The van der Waals surface area contributed by atoms with Crippen LogP contribution in [0.25, 0.3) is 11.1 Å². The Kier molecular flexibility index (Phi) is 6.92. The maximum Gasteiger partial charge on any atom is 0.0350 e. The van der Waals surface area contributed by atoms with Gasteiger partial charge >= 0.3 is 0 Å². The van der Waals surface area contributed by atoms with E-state index in [4.69, 9.17) is 0 Å². The van der Waals surface area contributed by atoms with Crippen LogP contribution in [0.15, 0.2) is 53.4 Å². The molecule has 0 aromatic heterocycles. The number of hydrogen-bond acceptors (Lipinski definition) is 1. The van der Waals surface area contributed by atoms with Gasteiger partial charge < -0.3 is 0 Å². The van der Waals surface area contributed by atoms with Crippen molar-refractivity contribution in [1.29, 1.82) is 0 Å². The van der Waals surface area contributed by atoms with Crippen LogP contribution in [0.4, 0.5) is 0 Å². The highest BCUT2D eigenvalue weighted by Crippen LogP contribution is 2.47. The second-order valence-corrected chi connectivity index (χ2v) is 10.2. The molecule has 1 atom stereocenters. The molecule has 1 heteroatoms. The van der Waals surface area contributed by atoms with Gasteiger partial charge in [-0.25, -0.2) is 0 Å². The fraction of sp³-hybridized carbons (Fsp3) is 0.400. The summed E-state index contributed by atoms with van der Waals surface area (Å²) in [6, 6.07) is 18.8. The van der Waals surface area contributed by atoms with Crippen LogP contribution in [-0.2, 0) is 25.7 Å². The van der Waals surface area contributed by atoms with Crippen LogP contribution in [-0.4, -0.2) is 0 Å². The standard InChI is InChI=1S/C30H36S/c1-6-22-16-15-20(4)28(18-22)31-27-14-10-13-25-19-26(17-21(5)29(25)27)30-23(7-2)11-9-12-24(30)8-3/h9,11-12,15-19,27H,6-8,10,13-14H2,1-5H3. The second-order valence-electron chi connectivity index (χ2n) is 8.98. The normalized spacial score (nSPS) is 15.7. The maximum absolute atomic E-state index is 2.53. The van der Waals surface area contributed by atoms with E-state index in [1.807, 2.05) is 0 Å². The van der Waals surface area contributed by atoms with E-state index in [0.717, 1.165) is 19.3 Å². The van der Waals surface area contributed by atoms with E-state index in [0.29, 0.717) is 5.25 Å². The Bertz CT molecular complexity index is 1050. The van der Waals surface area contributed by atoms with Crippen LogP contribution >= 0.6 is 11.8 Å². The van der Waals surface area contributed by atoms with E-state index in [-0.39, 0.29) is 0 Å². The molecule has 0 radical (unpaired) electrons. The molecule has 4 rings (SSSR count). The summed E-state index contributed by atoms with van der Waals surface area (Å²) in [4.78, 5) is 1.46. The first-order valence-corrected chi connectivity index (χ1v) is 12.9. The SMILES string of the molecule is CCc1ccc(C)c(SC2CCCc3cc(-c4c(CC)cccc4CC)cc(C)c32)c1. The maximum atomic E-state index is 2.53. The number of benzene rings is 3. The number of thioether (sulfide) groups is 1. The predicted molar refractivity (Wildman–Crippen MR) is 137 cm³/mol. The quantitative estimate of drug-likeness (QED) is 0.378. The molecule has 0 heterocycles. The molecule has 1 unspecified atom stereocenters. The highest BCUT2D eigenvalue weighted by molar-refractivity contribution is 7.99. The zero-order valence-corrected chi connectivity index (χ0v) is 20.7. The molecular weight excluding hydrogens is 392 g/mol. The summed E-state index contributed by atoms with van der Waals surface area (Å²) >= 11 is 2.09. The van der Waals surface area contributed by atoms with E-state index in [1.54, 1.807) is 11.1 Å². The predicted octanol–water partition coefficient (Wildman–Crippen LogP) is 8.83. The number of rotatable bonds is 6. The average molecular weight is 429 g/mol. The van der Waals surface area contributed by atoms with Crippen LogP contribution in [0.5, 0.6) is 0 Å². The molecule has 31 heavy (non-hydrogen) atoms. The minimum atomic E-state index is 0.565. The summed E-state index contributed by atoms with van der Waals surface area (Å²) in [5, 5.41) is 0.565. The fourth-order valence-corrected chi connectivity index (χ4v) is 6.70. The lowest BCUT2D eigenvalue weighted by molar-refractivity contribution is 0.670. The lowest BCUT2D eigenvalue weighted by Crippen LogP contribution is -2.10. The molecule has 0 nitrogen and oxygen atoms in total. The highest BCUT2D eigenvalue weighted by atomic mass is 32.2. The van der Waals surface area contributed by atoms with Crippen molar-refractivity contribution < 1.29 is 0 Å². The first-order valence-electron chi connectivity index (χ1n) is 12.1. The molecule has 0 fully saturated rings. The smallest absolute Gasteiger partial charge is 0.0350 e. The summed E-state index contributed by atoms with van der Waals surface area (Å²) in [5.74, 6) is 0. The Morgan fingerprint density at radius 3 is 2.26 bits per heavy atom. The molecule has 3 aromatic carbocycles. The Hall–Kier alpha value is -1.99. The third-order valence-electron chi connectivity index (χ3n) is 6.92. The van der Waals surface area contributed by atoms with Gasteiger partial charge in [0.25, 0.3) is 0 Å². The molecule has 162 valence electrons. The van der Waals surface area contributed by atoms with Crippen LogP contribution in [0.3, 0.4) is 0 Å². The third kappa shape index (κ3) is 4.48. The zero-order chi connectivity index (χ0) is 22.0. The van der Waals surface area contributed by atoms with E-state index >= 15 is 0 Å². The van der Waals surface area contributed by atoms with Gasteiger partial charge in [-0.1, -0.05) is 63.2 Å². The summed E-state index contributed by atoms with van der Waals surface area (Å²) in [7, 11) is 0. The molecule has 1 aliphatic carbocycles. The van der Waals surface area contributed by atoms with Gasteiger partial charge in [-0.15, -0.1) is 11.8 Å². The van der Waals surface area contributed by atoms with Crippen molar-refractivity contribution in [1.82, 2.24) is 0 Å². The van der Waals surface area contributed by atoms with Crippen molar-refractivity contribution in [2.75, 3.05) is 0 Å². The monoisotopic (exact) mass is 428 g/mol. The summed E-state index contributed by atoms with van der Waals surface area (Å²) in [6.07, 6.45) is 7.06. The van der Waals surface area contributed by atoms with Gasteiger partial charge in [0.05, 0.1) is 0 Å². The van der Waals surface area contributed by atoms with E-state index in [9.17, 15) is 0 Å². The lowest BCUT2D eigenvalue weighted by Gasteiger charge is -2.29. The number of aryl methyl sites for hydroxylation is 6. The highest BCUT2D eigenvalue weighted by Gasteiger charge is 2.25. The molecule has 0 aliphatic heterocycles. The Labute approximate surface area is 193 Å². The van der Waals surface area contributed by atoms with Crippen LogP contribution in [0, 0.1) is 13.8 Å². The average Bonchev–Trinajstić information content (AvgIpc) is 2.79. The molecule has 0 amide bonds. The molecule has 1 aliphatic rings. The third-order valence-corrected chi connectivity index (χ3v) is 8.37. The summed E-state index contributed by atoms with van der Waals surface area (Å²) in [5.41, 5.74) is 13.4. The van der Waals surface area contributed by atoms with Gasteiger partial charge in [-0.3, -0.25) is 0 Å². The fourth-order valence-electron chi connectivity index (χ4n) is 5.18. The van der Waals surface area contributed by atoms with Gasteiger partial charge in [0.15, 0.2) is 0 Å². The van der Waals surface area contributed by atoms with Gasteiger partial charge in [-0.2, -0.15) is 0 Å². The molecule has 0 saturated carbocycles. The van der Waals surface area contributed by atoms with E-state index in [1.165, 1.54) is 63.1 Å². The van der Waals surface area contributed by atoms with Gasteiger partial charge in [0.2, 0.25) is 0 Å². The molecule has 0 bridgehead atoms. The van der Waals surface area contributed by atoms with Crippen molar-refractivity contribution in [2.24, 2.45) is 0 Å². The number of fused-ring (bicyclic) bond motifs is 1. The Morgan fingerprint density at radius 2 is 1.58 bits per heavy atom. The minimum Gasteiger partial charge on any atom is -0.118 e. The van der Waals surface area contributed by atoms with Crippen LogP contribution in [0.2, 0.25) is 0 Å². The number of hydrogen-bond donors (Lipinski definition) is 0. The minimum absolute atomic E-state index is 0.565. The topological polar surface area (TPSA) is 0 Å². The van der Waals surface area contributed by atoms with Crippen molar-refractivity contribution in [3.05, 3.63) is 87.5 Å². The van der Waals surface area contributed by atoms with Gasteiger partial charge in [-0.05, 0) is 109 Å². The summed E-state index contributed by atoms with van der Waals surface area (Å²) < 4.78 is 0. The van der Waals surface area contributed by atoms with Gasteiger partial charge in [0.1, 0.15) is 0 Å². The molecule has 0 saturated heterocycles. The lowest BCUT2D eigenvalue weighted by atomic mass is 9.83.